The summed E-state index contributed by atoms with van der Waals surface area (Å²) in [6, 6.07) is 22.3. The third-order valence-electron chi connectivity index (χ3n) is 4.95. The fourth-order valence-electron chi connectivity index (χ4n) is 3.41. The SMILES string of the molecule is Cc1cc(C)cc(OCCNC(=O)CN(c2ccc(OCc3ccccc3)cc2)S(C)(=O)=O)c1. The third-order valence-corrected chi connectivity index (χ3v) is 6.09. The molecule has 0 heterocycles. The van der Waals surface area contributed by atoms with E-state index >= 15 is 0 Å². The first-order chi connectivity index (χ1) is 16.2. The largest absolute Gasteiger partial charge is 0.492 e. The van der Waals surface area contributed by atoms with E-state index in [-0.39, 0.29) is 19.7 Å². The van der Waals surface area contributed by atoms with Crippen LogP contribution < -0.4 is 19.1 Å². The average molecular weight is 483 g/mol. The maximum absolute atomic E-state index is 12.4. The molecule has 0 aliphatic rings. The first-order valence-corrected chi connectivity index (χ1v) is 12.8. The van der Waals surface area contributed by atoms with E-state index in [9.17, 15) is 13.2 Å². The fourth-order valence-corrected chi connectivity index (χ4v) is 4.27. The van der Waals surface area contributed by atoms with Crippen LogP contribution in [0, 0.1) is 13.8 Å². The van der Waals surface area contributed by atoms with Gasteiger partial charge in [0, 0.05) is 0 Å². The number of carbonyl (C=O) groups is 1. The van der Waals surface area contributed by atoms with Crippen molar-refractivity contribution in [2.75, 3.05) is 30.3 Å². The van der Waals surface area contributed by atoms with E-state index in [4.69, 9.17) is 9.47 Å². The molecule has 1 N–H and O–H groups in total. The van der Waals surface area contributed by atoms with E-state index < -0.39 is 15.9 Å². The Kier molecular flexibility index (Phi) is 8.54. The minimum atomic E-state index is -3.66. The molecule has 0 saturated heterocycles. The highest BCUT2D eigenvalue weighted by Gasteiger charge is 2.20. The fraction of sp³-hybridized carbons (Fsp3) is 0.269. The molecular weight excluding hydrogens is 452 g/mol. The van der Waals surface area contributed by atoms with Crippen molar-refractivity contribution in [2.45, 2.75) is 20.5 Å². The normalized spacial score (nSPS) is 11.0. The summed E-state index contributed by atoms with van der Waals surface area (Å²) >= 11 is 0. The van der Waals surface area contributed by atoms with Gasteiger partial charge in [0.25, 0.3) is 0 Å². The summed E-state index contributed by atoms with van der Waals surface area (Å²) in [5, 5.41) is 2.71. The van der Waals surface area contributed by atoms with Crippen LogP contribution in [0.2, 0.25) is 0 Å². The topological polar surface area (TPSA) is 84.9 Å². The molecule has 3 rings (SSSR count). The standard InChI is InChI=1S/C26H30N2O5S/c1-20-15-21(2)17-25(16-20)32-14-13-27-26(29)18-28(34(3,30)31)23-9-11-24(12-10-23)33-19-22-7-5-4-6-8-22/h4-12,15-17H,13-14,18-19H2,1-3H3,(H,27,29). The number of carbonyl (C=O) groups excluding carboxylic acids is 1. The molecule has 3 aromatic carbocycles. The van der Waals surface area contributed by atoms with Gasteiger partial charge in [0.1, 0.15) is 31.3 Å². The number of amides is 1. The molecule has 3 aromatic rings. The highest BCUT2D eigenvalue weighted by atomic mass is 32.2. The van der Waals surface area contributed by atoms with Gasteiger partial charge in [-0.05, 0) is 66.9 Å². The van der Waals surface area contributed by atoms with Crippen molar-refractivity contribution < 1.29 is 22.7 Å². The van der Waals surface area contributed by atoms with Gasteiger partial charge in [-0.15, -0.1) is 0 Å². The Morgan fingerprint density at radius 1 is 0.882 bits per heavy atom. The highest BCUT2D eigenvalue weighted by molar-refractivity contribution is 7.92. The van der Waals surface area contributed by atoms with Crippen molar-refractivity contribution in [3.63, 3.8) is 0 Å². The van der Waals surface area contributed by atoms with Gasteiger partial charge >= 0.3 is 0 Å². The second-order valence-corrected chi connectivity index (χ2v) is 9.97. The minimum Gasteiger partial charge on any atom is -0.492 e. The molecule has 180 valence electrons. The zero-order valence-electron chi connectivity index (χ0n) is 19.7. The van der Waals surface area contributed by atoms with Crippen LogP contribution in [0.15, 0.2) is 72.8 Å². The van der Waals surface area contributed by atoms with Gasteiger partial charge in [-0.3, -0.25) is 9.10 Å². The summed E-state index contributed by atoms with van der Waals surface area (Å²) < 4.78 is 37.2. The van der Waals surface area contributed by atoms with E-state index in [0.717, 1.165) is 33.0 Å². The van der Waals surface area contributed by atoms with Gasteiger partial charge < -0.3 is 14.8 Å². The Labute approximate surface area is 201 Å². The number of ether oxygens (including phenoxy) is 2. The monoisotopic (exact) mass is 482 g/mol. The number of nitrogens with one attached hydrogen (secondary N) is 1. The van der Waals surface area contributed by atoms with Crippen LogP contribution in [0.5, 0.6) is 11.5 Å². The second kappa shape index (κ2) is 11.6. The number of aryl methyl sites for hydroxylation is 2. The maximum Gasteiger partial charge on any atom is 0.240 e. The lowest BCUT2D eigenvalue weighted by molar-refractivity contribution is -0.119. The predicted octanol–water partition coefficient (Wildman–Crippen LogP) is 3.84. The van der Waals surface area contributed by atoms with Gasteiger partial charge in [-0.25, -0.2) is 8.42 Å². The molecule has 0 fully saturated rings. The van der Waals surface area contributed by atoms with E-state index in [2.05, 4.69) is 11.4 Å². The van der Waals surface area contributed by atoms with Gasteiger partial charge in [0.15, 0.2) is 0 Å². The number of anilines is 1. The zero-order valence-corrected chi connectivity index (χ0v) is 20.5. The first-order valence-electron chi connectivity index (χ1n) is 10.9. The van der Waals surface area contributed by atoms with E-state index in [1.54, 1.807) is 24.3 Å². The Hall–Kier alpha value is -3.52. The van der Waals surface area contributed by atoms with Crippen molar-refractivity contribution in [1.82, 2.24) is 5.32 Å². The van der Waals surface area contributed by atoms with E-state index in [1.165, 1.54) is 0 Å². The van der Waals surface area contributed by atoms with Crippen LogP contribution >= 0.6 is 0 Å². The Morgan fingerprint density at radius 2 is 1.53 bits per heavy atom. The summed E-state index contributed by atoms with van der Waals surface area (Å²) in [7, 11) is -3.66. The van der Waals surface area contributed by atoms with Crippen molar-refractivity contribution in [3.05, 3.63) is 89.5 Å². The number of rotatable bonds is 11. The Morgan fingerprint density at radius 3 is 2.15 bits per heavy atom. The van der Waals surface area contributed by atoms with Crippen molar-refractivity contribution >= 4 is 21.6 Å². The van der Waals surface area contributed by atoms with Crippen molar-refractivity contribution in [3.8, 4) is 11.5 Å². The summed E-state index contributed by atoms with van der Waals surface area (Å²) in [4.78, 5) is 12.4. The molecular formula is C26H30N2O5S. The molecule has 0 atom stereocenters. The molecule has 1 amide bonds. The molecule has 8 heteroatoms. The number of benzene rings is 3. The van der Waals surface area contributed by atoms with Gasteiger partial charge in [0.2, 0.25) is 15.9 Å². The average Bonchev–Trinajstić information content (AvgIpc) is 2.79. The molecule has 7 nitrogen and oxygen atoms in total. The molecule has 0 aliphatic heterocycles. The number of sulfonamides is 1. The molecule has 34 heavy (non-hydrogen) atoms. The second-order valence-electron chi connectivity index (χ2n) is 8.06. The third kappa shape index (κ3) is 7.81. The smallest absolute Gasteiger partial charge is 0.240 e. The van der Waals surface area contributed by atoms with Crippen LogP contribution in [0.25, 0.3) is 0 Å². The van der Waals surface area contributed by atoms with Crippen LogP contribution in [0.4, 0.5) is 5.69 Å². The predicted molar refractivity (Wildman–Crippen MR) is 134 cm³/mol. The number of hydrogen-bond acceptors (Lipinski definition) is 5. The lowest BCUT2D eigenvalue weighted by Crippen LogP contribution is -2.41. The summed E-state index contributed by atoms with van der Waals surface area (Å²) in [5.74, 6) is 0.923. The quantitative estimate of drug-likeness (QED) is 0.420. The van der Waals surface area contributed by atoms with Crippen LogP contribution in [-0.2, 0) is 21.4 Å². The van der Waals surface area contributed by atoms with Gasteiger partial charge in [-0.1, -0.05) is 36.4 Å². The van der Waals surface area contributed by atoms with Crippen LogP contribution in [0.3, 0.4) is 0 Å². The van der Waals surface area contributed by atoms with Gasteiger partial charge in [-0.2, -0.15) is 0 Å². The number of nitrogens with zero attached hydrogens (tertiary/aromatic N) is 1. The number of hydrogen-bond donors (Lipinski definition) is 1. The maximum atomic E-state index is 12.4. The molecule has 0 aromatic heterocycles. The van der Waals surface area contributed by atoms with Crippen LogP contribution in [-0.4, -0.2) is 40.3 Å². The van der Waals surface area contributed by atoms with Gasteiger partial charge in [0.05, 0.1) is 18.5 Å². The molecule has 0 saturated carbocycles. The minimum absolute atomic E-state index is 0.260. The van der Waals surface area contributed by atoms with E-state index in [0.29, 0.717) is 18.0 Å². The van der Waals surface area contributed by atoms with E-state index in [1.807, 2.05) is 56.3 Å². The summed E-state index contributed by atoms with van der Waals surface area (Å²) in [6.07, 6.45) is 1.07. The highest BCUT2D eigenvalue weighted by Crippen LogP contribution is 2.22. The Balaban J connectivity index is 1.53. The first kappa shape index (κ1) is 25.1. The van der Waals surface area contributed by atoms with Crippen LogP contribution in [0.1, 0.15) is 16.7 Å². The summed E-state index contributed by atoms with van der Waals surface area (Å²) in [6.45, 7) is 4.60. The summed E-state index contributed by atoms with van der Waals surface area (Å²) in [5.41, 5.74) is 3.61. The molecule has 0 bridgehead atoms. The molecule has 0 unspecified atom stereocenters. The zero-order chi connectivity index (χ0) is 24.6. The van der Waals surface area contributed by atoms with Crippen molar-refractivity contribution in [2.24, 2.45) is 0 Å². The Bertz CT molecular complexity index is 1180. The van der Waals surface area contributed by atoms with Crippen molar-refractivity contribution in [1.29, 1.82) is 0 Å². The molecule has 0 radical (unpaired) electrons. The lowest BCUT2D eigenvalue weighted by Gasteiger charge is -2.22. The molecule has 0 aliphatic carbocycles. The lowest BCUT2D eigenvalue weighted by atomic mass is 10.1. The molecule has 0 spiro atoms.